The summed E-state index contributed by atoms with van der Waals surface area (Å²) in [5, 5.41) is 9.53. The molecular weight excluding hydrogens is 264 g/mol. The monoisotopic (exact) mass is 284 g/mol. The second-order valence-electron chi connectivity index (χ2n) is 4.87. The maximum Gasteiger partial charge on any atom is 0.305 e. The number of hydrogen-bond donors (Lipinski definition) is 1. The van der Waals surface area contributed by atoms with Gasteiger partial charge in [-0.1, -0.05) is 17.7 Å². The number of nitrogens with zero attached hydrogens (tertiary/aromatic N) is 2. The first-order chi connectivity index (χ1) is 8.90. The second kappa shape index (κ2) is 7.36. The number of anilines is 1. The van der Waals surface area contributed by atoms with Gasteiger partial charge in [0.1, 0.15) is 0 Å². The Balaban J connectivity index is 2.80. The molecule has 0 aliphatic heterocycles. The molecule has 0 radical (unpaired) electrons. The van der Waals surface area contributed by atoms with Crippen molar-refractivity contribution in [2.24, 2.45) is 0 Å². The van der Waals surface area contributed by atoms with E-state index in [0.29, 0.717) is 11.6 Å². The first-order valence-corrected chi connectivity index (χ1v) is 6.65. The summed E-state index contributed by atoms with van der Waals surface area (Å²) in [6.07, 6.45) is 0.124. The minimum absolute atomic E-state index is 0.124. The van der Waals surface area contributed by atoms with Gasteiger partial charge in [-0.15, -0.1) is 0 Å². The van der Waals surface area contributed by atoms with Gasteiger partial charge in [0.15, 0.2) is 0 Å². The van der Waals surface area contributed by atoms with Crippen LogP contribution in [-0.2, 0) is 4.79 Å². The van der Waals surface area contributed by atoms with E-state index < -0.39 is 5.97 Å². The molecule has 0 aliphatic carbocycles. The van der Waals surface area contributed by atoms with Crippen LogP contribution in [0.15, 0.2) is 18.2 Å². The molecule has 19 heavy (non-hydrogen) atoms. The van der Waals surface area contributed by atoms with Crippen LogP contribution in [0.1, 0.15) is 12.0 Å². The number of aryl methyl sites for hydroxylation is 1. The Morgan fingerprint density at radius 3 is 2.47 bits per heavy atom. The van der Waals surface area contributed by atoms with Crippen molar-refractivity contribution < 1.29 is 9.90 Å². The predicted molar refractivity (Wildman–Crippen MR) is 79.2 cm³/mol. The van der Waals surface area contributed by atoms with Gasteiger partial charge in [-0.3, -0.25) is 4.79 Å². The molecule has 4 nitrogen and oxygen atoms in total. The molecule has 0 aliphatic rings. The van der Waals surface area contributed by atoms with Crippen molar-refractivity contribution in [1.29, 1.82) is 0 Å². The number of benzene rings is 1. The summed E-state index contributed by atoms with van der Waals surface area (Å²) >= 11 is 6.13. The zero-order valence-corrected chi connectivity index (χ0v) is 12.4. The average molecular weight is 285 g/mol. The van der Waals surface area contributed by atoms with Crippen LogP contribution in [-0.4, -0.2) is 49.7 Å². The number of halogens is 1. The summed E-state index contributed by atoms with van der Waals surface area (Å²) in [7, 11) is 4.00. The molecule has 0 saturated carbocycles. The van der Waals surface area contributed by atoms with Gasteiger partial charge < -0.3 is 14.9 Å². The highest BCUT2D eigenvalue weighted by Gasteiger charge is 2.10. The van der Waals surface area contributed by atoms with E-state index in [0.717, 1.165) is 24.3 Å². The summed E-state index contributed by atoms with van der Waals surface area (Å²) in [4.78, 5) is 14.9. The lowest BCUT2D eigenvalue weighted by Crippen LogP contribution is -2.33. The van der Waals surface area contributed by atoms with Gasteiger partial charge >= 0.3 is 5.97 Å². The standard InChI is InChI=1S/C14H21ClN2O2/c1-11-4-5-12(10-13(11)15)17(7-6-14(18)19)9-8-16(2)3/h4-5,10H,6-9H2,1-3H3,(H,18,19). The summed E-state index contributed by atoms with van der Waals surface area (Å²) in [6, 6.07) is 5.84. The van der Waals surface area contributed by atoms with Gasteiger partial charge in [0, 0.05) is 30.3 Å². The number of carboxylic acids is 1. The molecule has 0 aromatic heterocycles. The van der Waals surface area contributed by atoms with E-state index in [1.54, 1.807) is 0 Å². The Hall–Kier alpha value is -1.26. The van der Waals surface area contributed by atoms with Crippen LogP contribution in [0.5, 0.6) is 0 Å². The fourth-order valence-electron chi connectivity index (χ4n) is 1.70. The van der Waals surface area contributed by atoms with Crippen LogP contribution in [0.4, 0.5) is 5.69 Å². The Bertz CT molecular complexity index is 435. The summed E-state index contributed by atoms with van der Waals surface area (Å²) in [5.41, 5.74) is 2.00. The quantitative estimate of drug-likeness (QED) is 0.835. The number of carboxylic acid groups (broad SMARTS) is 1. The summed E-state index contributed by atoms with van der Waals surface area (Å²) < 4.78 is 0. The highest BCUT2D eigenvalue weighted by atomic mass is 35.5. The molecule has 106 valence electrons. The molecule has 0 unspecified atom stereocenters. The van der Waals surface area contributed by atoms with Crippen LogP contribution >= 0.6 is 11.6 Å². The largest absolute Gasteiger partial charge is 0.481 e. The van der Waals surface area contributed by atoms with Crippen molar-refractivity contribution in [2.75, 3.05) is 38.6 Å². The molecule has 0 heterocycles. The molecule has 1 aromatic rings. The van der Waals surface area contributed by atoms with Gasteiger partial charge in [-0.05, 0) is 38.7 Å². The molecule has 0 bridgehead atoms. The Kier molecular flexibility index (Phi) is 6.12. The van der Waals surface area contributed by atoms with Crippen molar-refractivity contribution >= 4 is 23.3 Å². The number of rotatable bonds is 7. The minimum Gasteiger partial charge on any atom is -0.481 e. The third-order valence-corrected chi connectivity index (χ3v) is 3.34. The fraction of sp³-hybridized carbons (Fsp3) is 0.500. The van der Waals surface area contributed by atoms with E-state index in [1.165, 1.54) is 0 Å². The Labute approximate surface area is 119 Å². The van der Waals surface area contributed by atoms with Gasteiger partial charge in [0.05, 0.1) is 6.42 Å². The third kappa shape index (κ3) is 5.49. The van der Waals surface area contributed by atoms with E-state index >= 15 is 0 Å². The van der Waals surface area contributed by atoms with Crippen molar-refractivity contribution in [3.8, 4) is 0 Å². The van der Waals surface area contributed by atoms with Crippen LogP contribution in [0.2, 0.25) is 5.02 Å². The van der Waals surface area contributed by atoms with Crippen molar-refractivity contribution in [1.82, 2.24) is 4.90 Å². The topological polar surface area (TPSA) is 43.8 Å². The van der Waals surface area contributed by atoms with Crippen LogP contribution in [0.25, 0.3) is 0 Å². The molecule has 0 fully saturated rings. The zero-order chi connectivity index (χ0) is 14.4. The summed E-state index contributed by atoms with van der Waals surface area (Å²) in [5.74, 6) is -0.784. The highest BCUT2D eigenvalue weighted by molar-refractivity contribution is 6.31. The Morgan fingerprint density at radius 1 is 1.26 bits per heavy atom. The lowest BCUT2D eigenvalue weighted by atomic mass is 10.2. The van der Waals surface area contributed by atoms with Crippen molar-refractivity contribution in [3.05, 3.63) is 28.8 Å². The number of aliphatic carboxylic acids is 1. The number of hydrogen-bond acceptors (Lipinski definition) is 3. The molecule has 0 atom stereocenters. The van der Waals surface area contributed by atoms with Gasteiger partial charge in [0.25, 0.3) is 0 Å². The van der Waals surface area contributed by atoms with Crippen LogP contribution in [0.3, 0.4) is 0 Å². The van der Waals surface area contributed by atoms with E-state index in [2.05, 4.69) is 9.80 Å². The van der Waals surface area contributed by atoms with E-state index in [1.807, 2.05) is 39.2 Å². The highest BCUT2D eigenvalue weighted by Crippen LogP contribution is 2.23. The molecule has 5 heteroatoms. The maximum atomic E-state index is 10.7. The molecule has 1 rings (SSSR count). The molecular formula is C14H21ClN2O2. The van der Waals surface area contributed by atoms with Gasteiger partial charge in [-0.25, -0.2) is 0 Å². The van der Waals surface area contributed by atoms with Crippen molar-refractivity contribution in [2.45, 2.75) is 13.3 Å². The second-order valence-corrected chi connectivity index (χ2v) is 5.27. The van der Waals surface area contributed by atoms with Gasteiger partial charge in [0.2, 0.25) is 0 Å². The minimum atomic E-state index is -0.784. The fourth-order valence-corrected chi connectivity index (χ4v) is 1.87. The first kappa shape index (κ1) is 15.8. The predicted octanol–water partition coefficient (Wildman–Crippen LogP) is 2.49. The normalized spacial score (nSPS) is 10.8. The average Bonchev–Trinajstić information content (AvgIpc) is 2.32. The van der Waals surface area contributed by atoms with Crippen LogP contribution in [0, 0.1) is 6.92 Å². The maximum absolute atomic E-state index is 10.7. The van der Waals surface area contributed by atoms with E-state index in [-0.39, 0.29) is 6.42 Å². The Morgan fingerprint density at radius 2 is 1.95 bits per heavy atom. The third-order valence-electron chi connectivity index (χ3n) is 2.93. The molecule has 0 spiro atoms. The lowest BCUT2D eigenvalue weighted by molar-refractivity contribution is -0.136. The number of carbonyl (C=O) groups is 1. The molecule has 0 saturated heterocycles. The summed E-state index contributed by atoms with van der Waals surface area (Å²) in [6.45, 7) is 4.08. The zero-order valence-electron chi connectivity index (χ0n) is 11.7. The molecule has 0 amide bonds. The van der Waals surface area contributed by atoms with Gasteiger partial charge in [-0.2, -0.15) is 0 Å². The number of likely N-dealkylation sites (N-methyl/N-ethyl adjacent to an activating group) is 1. The van der Waals surface area contributed by atoms with Crippen LogP contribution < -0.4 is 4.90 Å². The van der Waals surface area contributed by atoms with E-state index in [9.17, 15) is 4.79 Å². The van der Waals surface area contributed by atoms with E-state index in [4.69, 9.17) is 16.7 Å². The molecule has 1 N–H and O–H groups in total. The SMILES string of the molecule is Cc1ccc(N(CCC(=O)O)CCN(C)C)cc1Cl. The molecule has 1 aromatic carbocycles. The first-order valence-electron chi connectivity index (χ1n) is 6.28. The smallest absolute Gasteiger partial charge is 0.305 e. The van der Waals surface area contributed by atoms with Crippen molar-refractivity contribution in [3.63, 3.8) is 0 Å². The lowest BCUT2D eigenvalue weighted by Gasteiger charge is -2.26.